The van der Waals surface area contributed by atoms with Gasteiger partial charge in [-0.2, -0.15) is 0 Å². The number of carbonyl (C=O) groups is 1. The zero-order valence-electron chi connectivity index (χ0n) is 16.7. The van der Waals surface area contributed by atoms with Crippen LogP contribution in [0.5, 0.6) is 0 Å². The number of aromatic nitrogens is 2. The van der Waals surface area contributed by atoms with Crippen LogP contribution in [0.4, 0.5) is 5.69 Å². The summed E-state index contributed by atoms with van der Waals surface area (Å²) in [6, 6.07) is 10.9. The molecule has 3 aromatic rings. The van der Waals surface area contributed by atoms with Gasteiger partial charge in [0.2, 0.25) is 15.9 Å². The maximum Gasteiger partial charge on any atom is 0.234 e. The number of piperazine rings is 1. The van der Waals surface area contributed by atoms with Gasteiger partial charge in [-0.25, -0.2) is 13.4 Å². The molecule has 4 rings (SSSR count). The van der Waals surface area contributed by atoms with Crippen molar-refractivity contribution in [1.29, 1.82) is 0 Å². The molecule has 2 aromatic heterocycles. The summed E-state index contributed by atoms with van der Waals surface area (Å²) < 4.78 is 27.1. The van der Waals surface area contributed by atoms with Gasteiger partial charge < -0.3 is 5.32 Å². The van der Waals surface area contributed by atoms with Crippen LogP contribution < -0.4 is 9.62 Å². The summed E-state index contributed by atoms with van der Waals surface area (Å²) >= 11 is 6.05. The predicted molar refractivity (Wildman–Crippen MR) is 117 cm³/mol. The molecule has 0 spiro atoms. The van der Waals surface area contributed by atoms with E-state index in [0.29, 0.717) is 36.0 Å². The summed E-state index contributed by atoms with van der Waals surface area (Å²) in [7, 11) is -1.88. The van der Waals surface area contributed by atoms with Crippen molar-refractivity contribution in [2.24, 2.45) is 0 Å². The fourth-order valence-corrected chi connectivity index (χ4v) is 4.11. The number of carbonyl (C=O) groups excluding carboxylic acids is 1. The molecule has 158 valence electrons. The number of nitrogens with one attached hydrogen (secondary N) is 1. The third-order valence-electron chi connectivity index (χ3n) is 5.17. The van der Waals surface area contributed by atoms with Crippen molar-refractivity contribution in [2.45, 2.75) is 6.54 Å². The number of benzene rings is 1. The lowest BCUT2D eigenvalue weighted by molar-refractivity contribution is -0.124. The Morgan fingerprint density at radius 3 is 2.60 bits per heavy atom. The van der Waals surface area contributed by atoms with Crippen LogP contribution in [0.2, 0.25) is 5.02 Å². The summed E-state index contributed by atoms with van der Waals surface area (Å²) in [6.07, 6.45) is 2.93. The summed E-state index contributed by atoms with van der Waals surface area (Å²) in [4.78, 5) is 18.7. The highest BCUT2D eigenvalue weighted by Crippen LogP contribution is 2.29. The topological polar surface area (TPSA) is 87.0 Å². The average Bonchev–Trinajstić information content (AvgIpc) is 3.05. The molecule has 3 heterocycles. The second-order valence-corrected chi connectivity index (χ2v) is 9.77. The SMILES string of the molecule is CN(c1ccc2nc(-c3ccc(Cl)cc3)c(CN3CCNC(=O)C3)n2c1)S(C)(=O)=O. The lowest BCUT2D eigenvalue weighted by Crippen LogP contribution is -2.47. The van der Waals surface area contributed by atoms with Crippen LogP contribution in [0.15, 0.2) is 42.6 Å². The fraction of sp³-hybridized carbons (Fsp3) is 0.300. The molecule has 1 fully saturated rings. The minimum atomic E-state index is -3.40. The smallest absolute Gasteiger partial charge is 0.234 e. The maximum atomic E-state index is 12.0. The first-order chi connectivity index (χ1) is 14.2. The first-order valence-electron chi connectivity index (χ1n) is 9.42. The van der Waals surface area contributed by atoms with Crippen molar-refractivity contribution >= 4 is 38.9 Å². The highest BCUT2D eigenvalue weighted by Gasteiger charge is 2.22. The van der Waals surface area contributed by atoms with E-state index in [1.54, 1.807) is 18.3 Å². The zero-order valence-corrected chi connectivity index (χ0v) is 18.2. The van der Waals surface area contributed by atoms with Crippen molar-refractivity contribution in [3.05, 3.63) is 53.3 Å². The number of rotatable bonds is 5. The van der Waals surface area contributed by atoms with Gasteiger partial charge in [0, 0.05) is 43.5 Å². The number of pyridine rings is 1. The van der Waals surface area contributed by atoms with Crippen LogP contribution in [-0.2, 0) is 21.4 Å². The van der Waals surface area contributed by atoms with Crippen LogP contribution in [-0.4, -0.2) is 61.5 Å². The molecule has 0 radical (unpaired) electrons. The minimum absolute atomic E-state index is 0.0133. The molecule has 0 bridgehead atoms. The number of anilines is 1. The minimum Gasteiger partial charge on any atom is -0.354 e. The van der Waals surface area contributed by atoms with Gasteiger partial charge in [0.25, 0.3) is 0 Å². The Kier molecular flexibility index (Phi) is 5.44. The number of imidazole rings is 1. The highest BCUT2D eigenvalue weighted by molar-refractivity contribution is 7.92. The Labute approximate surface area is 180 Å². The van der Waals surface area contributed by atoms with Gasteiger partial charge in [0.1, 0.15) is 5.65 Å². The van der Waals surface area contributed by atoms with Gasteiger partial charge in [-0.3, -0.25) is 18.4 Å². The van der Waals surface area contributed by atoms with E-state index >= 15 is 0 Å². The molecule has 1 aromatic carbocycles. The first kappa shape index (κ1) is 20.6. The van der Waals surface area contributed by atoms with E-state index in [9.17, 15) is 13.2 Å². The molecule has 0 atom stereocenters. The number of sulfonamides is 1. The standard InChI is InChI=1S/C20H22ClN5O3S/c1-24(30(2,28)29)16-7-8-18-23-20(14-3-5-15(21)6-4-14)17(26(18)11-16)12-25-10-9-22-19(27)13-25/h3-8,11H,9-10,12-13H2,1-2H3,(H,22,27). The first-order valence-corrected chi connectivity index (χ1v) is 11.6. The second kappa shape index (κ2) is 7.90. The van der Waals surface area contributed by atoms with Gasteiger partial charge in [-0.1, -0.05) is 23.7 Å². The summed E-state index contributed by atoms with van der Waals surface area (Å²) in [6.45, 7) is 2.12. The fourth-order valence-electron chi connectivity index (χ4n) is 3.49. The molecule has 0 unspecified atom stereocenters. The van der Waals surface area contributed by atoms with Crippen molar-refractivity contribution in [1.82, 2.24) is 19.6 Å². The monoisotopic (exact) mass is 447 g/mol. The van der Waals surface area contributed by atoms with E-state index in [1.165, 1.54) is 11.4 Å². The number of halogens is 1. The Morgan fingerprint density at radius 2 is 1.93 bits per heavy atom. The Bertz CT molecular complexity index is 1210. The number of hydrogen-bond donors (Lipinski definition) is 1. The van der Waals surface area contributed by atoms with Crippen molar-refractivity contribution in [3.8, 4) is 11.3 Å². The van der Waals surface area contributed by atoms with Gasteiger partial charge in [0.15, 0.2) is 0 Å². The zero-order chi connectivity index (χ0) is 21.5. The number of fused-ring (bicyclic) bond motifs is 1. The predicted octanol–water partition coefficient (Wildman–Crippen LogP) is 1.98. The molecule has 1 saturated heterocycles. The van der Waals surface area contributed by atoms with Crippen LogP contribution >= 0.6 is 11.6 Å². The quantitative estimate of drug-likeness (QED) is 0.646. The Morgan fingerprint density at radius 1 is 1.20 bits per heavy atom. The number of amides is 1. The molecule has 30 heavy (non-hydrogen) atoms. The summed E-state index contributed by atoms with van der Waals surface area (Å²) in [5.41, 5.74) is 3.78. The van der Waals surface area contributed by atoms with Crippen molar-refractivity contribution < 1.29 is 13.2 Å². The van der Waals surface area contributed by atoms with Crippen LogP contribution in [0.25, 0.3) is 16.9 Å². The molecule has 8 nitrogen and oxygen atoms in total. The normalized spacial score (nSPS) is 15.4. The lowest BCUT2D eigenvalue weighted by atomic mass is 10.1. The summed E-state index contributed by atoms with van der Waals surface area (Å²) in [5, 5.41) is 3.46. The number of hydrogen-bond acceptors (Lipinski definition) is 5. The van der Waals surface area contributed by atoms with E-state index < -0.39 is 10.0 Å². The molecule has 1 N–H and O–H groups in total. The van der Waals surface area contributed by atoms with Crippen molar-refractivity contribution in [3.63, 3.8) is 0 Å². The largest absolute Gasteiger partial charge is 0.354 e. The van der Waals surface area contributed by atoms with E-state index in [4.69, 9.17) is 16.6 Å². The average molecular weight is 448 g/mol. The van der Waals surface area contributed by atoms with Crippen LogP contribution in [0.3, 0.4) is 0 Å². The molecule has 1 amide bonds. The highest BCUT2D eigenvalue weighted by atomic mass is 35.5. The second-order valence-electron chi connectivity index (χ2n) is 7.32. The van der Waals surface area contributed by atoms with E-state index in [0.717, 1.165) is 29.8 Å². The maximum absolute atomic E-state index is 12.0. The van der Waals surface area contributed by atoms with Gasteiger partial charge in [-0.15, -0.1) is 0 Å². The Hall–Kier alpha value is -2.62. The molecule has 1 aliphatic heterocycles. The molecule has 0 aliphatic carbocycles. The lowest BCUT2D eigenvalue weighted by Gasteiger charge is -2.26. The summed E-state index contributed by atoms with van der Waals surface area (Å²) in [5.74, 6) is -0.0133. The van der Waals surface area contributed by atoms with Crippen LogP contribution in [0, 0.1) is 0 Å². The molecule has 0 saturated carbocycles. The van der Waals surface area contributed by atoms with E-state index in [1.807, 2.05) is 28.7 Å². The van der Waals surface area contributed by atoms with Crippen LogP contribution in [0.1, 0.15) is 5.69 Å². The molecular formula is C20H22ClN5O3S. The number of nitrogens with zero attached hydrogens (tertiary/aromatic N) is 4. The van der Waals surface area contributed by atoms with Crippen molar-refractivity contribution in [2.75, 3.05) is 37.2 Å². The van der Waals surface area contributed by atoms with E-state index in [2.05, 4.69) is 10.2 Å². The molecule has 10 heteroatoms. The van der Waals surface area contributed by atoms with Gasteiger partial charge >= 0.3 is 0 Å². The molecular weight excluding hydrogens is 426 g/mol. The van der Waals surface area contributed by atoms with Gasteiger partial charge in [-0.05, 0) is 24.3 Å². The Balaban J connectivity index is 1.84. The third kappa shape index (κ3) is 4.14. The van der Waals surface area contributed by atoms with Gasteiger partial charge in [0.05, 0.1) is 29.9 Å². The third-order valence-corrected chi connectivity index (χ3v) is 6.63. The molecule has 1 aliphatic rings. The van der Waals surface area contributed by atoms with E-state index in [-0.39, 0.29) is 5.91 Å².